The molecule has 2 aromatic carbocycles. The summed E-state index contributed by atoms with van der Waals surface area (Å²) in [5.41, 5.74) is 1.74. The second kappa shape index (κ2) is 14.9. The lowest BCUT2D eigenvalue weighted by atomic mass is 10.0. The van der Waals surface area contributed by atoms with Crippen molar-refractivity contribution >= 4 is 21.4 Å². The zero-order valence-corrected chi connectivity index (χ0v) is 25.2. The predicted octanol–water partition coefficient (Wildman–Crippen LogP) is 4.92. The van der Waals surface area contributed by atoms with E-state index in [2.05, 4.69) is 21.1 Å². The molecule has 1 fully saturated rings. The Kier molecular flexibility index (Phi) is 11.1. The number of alkyl halides is 2. The average molecular weight is 629 g/mol. The number of ether oxygens (including phenoxy) is 3. The largest absolute Gasteiger partial charge is 0.487 e. The lowest BCUT2D eigenvalue weighted by molar-refractivity contribution is -0.131. The normalized spacial score (nSPS) is 17.2. The summed E-state index contributed by atoms with van der Waals surface area (Å²) >= 11 is 0. The molecule has 0 saturated carbocycles. The molecule has 1 N–H and O–H groups in total. The number of anilines is 1. The van der Waals surface area contributed by atoms with E-state index in [-0.39, 0.29) is 35.7 Å². The number of pyridine rings is 1. The van der Waals surface area contributed by atoms with Crippen molar-refractivity contribution in [2.24, 2.45) is 0 Å². The van der Waals surface area contributed by atoms with Crippen LogP contribution in [-0.4, -0.2) is 64.1 Å². The second-order valence-corrected chi connectivity index (χ2v) is 12.4. The number of nitrogens with one attached hydrogen (secondary N) is 1. The Hall–Kier alpha value is -4.28. The van der Waals surface area contributed by atoms with Crippen LogP contribution < -0.4 is 19.7 Å². The highest BCUT2D eigenvalue weighted by Gasteiger charge is 2.34. The van der Waals surface area contributed by atoms with Crippen LogP contribution in [0, 0.1) is 11.3 Å². The Morgan fingerprint density at radius 1 is 1.14 bits per heavy atom. The zero-order valence-electron chi connectivity index (χ0n) is 24.4. The van der Waals surface area contributed by atoms with E-state index < -0.39 is 28.5 Å². The van der Waals surface area contributed by atoms with Gasteiger partial charge in [-0.3, -0.25) is 4.79 Å². The summed E-state index contributed by atoms with van der Waals surface area (Å²) in [6, 6.07) is 17.6. The van der Waals surface area contributed by atoms with Gasteiger partial charge in [0.15, 0.2) is 9.84 Å². The molecule has 13 heteroatoms. The van der Waals surface area contributed by atoms with Crippen molar-refractivity contribution in [1.82, 2.24) is 10.3 Å². The van der Waals surface area contributed by atoms with E-state index in [0.717, 1.165) is 0 Å². The molecule has 4 rings (SSSR count). The minimum absolute atomic E-state index is 0.0256. The summed E-state index contributed by atoms with van der Waals surface area (Å²) in [5.74, 6) is 0.555. The first-order valence-electron chi connectivity index (χ1n) is 14.1. The van der Waals surface area contributed by atoms with Crippen LogP contribution in [0.2, 0.25) is 0 Å². The molecule has 1 aliphatic rings. The maximum absolute atomic E-state index is 13.2. The van der Waals surface area contributed by atoms with Crippen LogP contribution in [0.3, 0.4) is 0 Å². The smallest absolute Gasteiger partial charge is 0.345 e. The van der Waals surface area contributed by atoms with Crippen LogP contribution in [0.25, 0.3) is 0 Å². The minimum atomic E-state index is -3.37. The number of nitriles is 1. The van der Waals surface area contributed by atoms with Crippen LogP contribution in [0.1, 0.15) is 48.1 Å². The molecular formula is C31H34F2N4O6S. The van der Waals surface area contributed by atoms with E-state index in [1.165, 1.54) is 25.4 Å². The minimum Gasteiger partial charge on any atom is -0.487 e. The van der Waals surface area contributed by atoms with Gasteiger partial charge in [-0.25, -0.2) is 13.4 Å². The molecule has 1 amide bonds. The van der Waals surface area contributed by atoms with Gasteiger partial charge in [0, 0.05) is 30.2 Å². The quantitative estimate of drug-likeness (QED) is 0.264. The van der Waals surface area contributed by atoms with E-state index in [9.17, 15) is 22.0 Å². The van der Waals surface area contributed by atoms with Crippen LogP contribution in [0.4, 0.5) is 14.5 Å². The number of nitrogens with zero attached hydrogens (tertiary/aromatic N) is 3. The lowest BCUT2D eigenvalue weighted by Crippen LogP contribution is -2.34. The Bertz CT molecular complexity index is 1530. The Labute approximate surface area is 255 Å². The fraction of sp³-hybridized carbons (Fsp3) is 0.387. The summed E-state index contributed by atoms with van der Waals surface area (Å²) in [5, 5.41) is 12.1. The second-order valence-electron chi connectivity index (χ2n) is 10.2. The van der Waals surface area contributed by atoms with Gasteiger partial charge in [-0.1, -0.05) is 19.1 Å². The summed E-state index contributed by atoms with van der Waals surface area (Å²) in [7, 11) is -1.86. The van der Waals surface area contributed by atoms with Gasteiger partial charge in [0.05, 0.1) is 55.3 Å². The highest BCUT2D eigenvalue weighted by molar-refractivity contribution is 7.91. The fourth-order valence-electron chi connectivity index (χ4n) is 5.02. The number of methoxy groups -OCH3 is 1. The zero-order chi connectivity index (χ0) is 31.7. The molecule has 1 aliphatic heterocycles. The van der Waals surface area contributed by atoms with E-state index in [4.69, 9.17) is 14.7 Å². The third kappa shape index (κ3) is 8.42. The van der Waals surface area contributed by atoms with Crippen molar-refractivity contribution in [2.45, 2.75) is 55.9 Å². The third-order valence-electron chi connectivity index (χ3n) is 7.34. The molecule has 0 unspecified atom stereocenters. The SMILES string of the molecule is CCS(=O)(=O)c1ccc([C@H](CCC#N)NC(=O)c2ccc(N3C[C@@H](Oc4ccc(OC)nc4)C[C@H]3COC(F)F)cc2)cc1. The molecule has 0 aliphatic carbocycles. The third-order valence-corrected chi connectivity index (χ3v) is 9.10. The van der Waals surface area contributed by atoms with E-state index in [1.54, 1.807) is 55.5 Å². The fourth-order valence-corrected chi connectivity index (χ4v) is 5.90. The molecule has 44 heavy (non-hydrogen) atoms. The number of hydrogen-bond acceptors (Lipinski definition) is 9. The molecule has 10 nitrogen and oxygen atoms in total. The average Bonchev–Trinajstić information content (AvgIpc) is 3.44. The van der Waals surface area contributed by atoms with Crippen molar-refractivity contribution in [3.8, 4) is 17.7 Å². The van der Waals surface area contributed by atoms with Crippen molar-refractivity contribution in [2.75, 3.05) is 30.9 Å². The van der Waals surface area contributed by atoms with Gasteiger partial charge >= 0.3 is 6.61 Å². The number of rotatable bonds is 14. The Balaban J connectivity index is 1.46. The number of sulfone groups is 1. The number of benzene rings is 2. The molecular weight excluding hydrogens is 594 g/mol. The first-order valence-corrected chi connectivity index (χ1v) is 15.7. The molecule has 0 bridgehead atoms. The highest BCUT2D eigenvalue weighted by atomic mass is 32.2. The number of carbonyl (C=O) groups excluding carboxylic acids is 1. The van der Waals surface area contributed by atoms with Gasteiger partial charge in [-0.05, 0) is 54.4 Å². The van der Waals surface area contributed by atoms with Crippen LogP contribution in [0.15, 0.2) is 71.8 Å². The molecule has 3 atom stereocenters. The first kappa shape index (κ1) is 32.6. The monoisotopic (exact) mass is 628 g/mol. The predicted molar refractivity (Wildman–Crippen MR) is 159 cm³/mol. The van der Waals surface area contributed by atoms with E-state index in [1.807, 2.05) is 4.90 Å². The number of carbonyl (C=O) groups is 1. The molecule has 234 valence electrons. The van der Waals surface area contributed by atoms with E-state index in [0.29, 0.717) is 47.8 Å². The van der Waals surface area contributed by atoms with Gasteiger partial charge in [-0.2, -0.15) is 14.0 Å². The Morgan fingerprint density at radius 2 is 1.86 bits per heavy atom. The molecule has 1 aromatic heterocycles. The topological polar surface area (TPSA) is 131 Å². The maximum Gasteiger partial charge on any atom is 0.345 e. The van der Waals surface area contributed by atoms with Crippen LogP contribution >= 0.6 is 0 Å². The first-order chi connectivity index (χ1) is 21.1. The highest BCUT2D eigenvalue weighted by Crippen LogP contribution is 2.30. The van der Waals surface area contributed by atoms with Gasteiger partial charge in [-0.15, -0.1) is 0 Å². The van der Waals surface area contributed by atoms with Crippen LogP contribution in [-0.2, 0) is 14.6 Å². The molecule has 3 aromatic rings. The number of halogens is 2. The molecule has 2 heterocycles. The summed E-state index contributed by atoms with van der Waals surface area (Å²) in [6.07, 6.45) is 2.17. The molecule has 0 spiro atoms. The van der Waals surface area contributed by atoms with Crippen molar-refractivity contribution in [3.05, 3.63) is 78.0 Å². The number of hydrogen-bond donors (Lipinski definition) is 1. The maximum atomic E-state index is 13.2. The van der Waals surface area contributed by atoms with Gasteiger partial charge in [0.25, 0.3) is 5.91 Å². The standard InChI is InChI=1S/C31H34F2N4O6S/c1-3-44(39,40)27-13-8-21(9-14-27)28(5-4-16-34)36-30(38)22-6-10-23(11-7-22)37-19-26(17-24(37)20-42-31(32)33)43-25-12-15-29(41-2)35-18-25/h6-15,18,24,26,28,31H,3-5,17,19-20H2,1-2H3,(H,36,38)/t24-,26-,28-/m0/s1. The van der Waals surface area contributed by atoms with E-state index >= 15 is 0 Å². The van der Waals surface area contributed by atoms with Crippen molar-refractivity contribution in [3.63, 3.8) is 0 Å². The molecule has 0 radical (unpaired) electrons. The van der Waals surface area contributed by atoms with Gasteiger partial charge in [0.2, 0.25) is 5.88 Å². The van der Waals surface area contributed by atoms with Gasteiger partial charge in [0.1, 0.15) is 11.9 Å². The Morgan fingerprint density at radius 3 is 2.45 bits per heavy atom. The lowest BCUT2D eigenvalue weighted by Gasteiger charge is -2.26. The number of aromatic nitrogens is 1. The van der Waals surface area contributed by atoms with Crippen LogP contribution in [0.5, 0.6) is 11.6 Å². The summed E-state index contributed by atoms with van der Waals surface area (Å²) in [6.45, 7) is -1.15. The molecule has 1 saturated heterocycles. The summed E-state index contributed by atoms with van der Waals surface area (Å²) < 4.78 is 65.9. The number of amides is 1. The summed E-state index contributed by atoms with van der Waals surface area (Å²) in [4.78, 5) is 19.4. The van der Waals surface area contributed by atoms with Gasteiger partial charge < -0.3 is 24.4 Å². The van der Waals surface area contributed by atoms with Crippen molar-refractivity contribution < 1.29 is 36.2 Å². The van der Waals surface area contributed by atoms with Crippen molar-refractivity contribution in [1.29, 1.82) is 5.26 Å².